The summed E-state index contributed by atoms with van der Waals surface area (Å²) in [4.78, 5) is 0. The topological polar surface area (TPSA) is 26.0 Å². The van der Waals surface area contributed by atoms with Crippen molar-refractivity contribution in [2.75, 3.05) is 0 Å². The fourth-order valence-corrected chi connectivity index (χ4v) is 2.08. The lowest BCUT2D eigenvalue weighted by molar-refractivity contribution is 0.409. The molecule has 0 amide bonds. The summed E-state index contributed by atoms with van der Waals surface area (Å²) >= 11 is 0. The molecule has 0 aliphatic heterocycles. The molecule has 1 aliphatic carbocycles. The van der Waals surface area contributed by atoms with Crippen LogP contribution in [0.15, 0.2) is 24.3 Å². The van der Waals surface area contributed by atoms with Gasteiger partial charge in [-0.15, -0.1) is 0 Å². The minimum absolute atomic E-state index is 0.0884. The highest BCUT2D eigenvalue weighted by Crippen LogP contribution is 2.32. The molecule has 0 aromatic heterocycles. The highest BCUT2D eigenvalue weighted by Gasteiger charge is 2.26. The predicted molar refractivity (Wildman–Crippen MR) is 50.9 cm³/mol. The summed E-state index contributed by atoms with van der Waals surface area (Å²) < 4.78 is 0. The Labute approximate surface area is 73.6 Å². The maximum Gasteiger partial charge on any atom is 0.0383 e. The Bertz CT molecular complexity index is 289. The molecule has 2 N–H and O–H groups in total. The number of nitrogens with two attached hydrogens (primary N) is 1. The van der Waals surface area contributed by atoms with Crippen molar-refractivity contribution in [3.63, 3.8) is 0 Å². The fraction of sp³-hybridized carbons (Fsp3) is 0.455. The van der Waals surface area contributed by atoms with Crippen LogP contribution >= 0.6 is 0 Å². The van der Waals surface area contributed by atoms with Crippen LogP contribution in [0, 0.1) is 0 Å². The first-order valence-electron chi connectivity index (χ1n) is 4.57. The minimum Gasteiger partial charge on any atom is -0.322 e. The van der Waals surface area contributed by atoms with E-state index in [1.54, 1.807) is 0 Å². The second kappa shape index (κ2) is 2.60. The summed E-state index contributed by atoms with van der Waals surface area (Å²) in [5.74, 6) is 0. The van der Waals surface area contributed by atoms with Crippen LogP contribution in [0.4, 0.5) is 0 Å². The van der Waals surface area contributed by atoms with Gasteiger partial charge in [0.15, 0.2) is 0 Å². The van der Waals surface area contributed by atoms with E-state index in [0.29, 0.717) is 0 Å². The molecule has 0 saturated heterocycles. The Balaban J connectivity index is 2.52. The van der Waals surface area contributed by atoms with E-state index in [-0.39, 0.29) is 5.54 Å². The molecule has 0 spiro atoms. The zero-order chi connectivity index (χ0) is 8.60. The molecular weight excluding hydrogens is 146 g/mol. The molecule has 1 nitrogen and oxygen atoms in total. The molecule has 1 atom stereocenters. The van der Waals surface area contributed by atoms with Gasteiger partial charge in [-0.3, -0.25) is 0 Å². The van der Waals surface area contributed by atoms with Gasteiger partial charge in [0, 0.05) is 5.54 Å². The van der Waals surface area contributed by atoms with Gasteiger partial charge in [0.1, 0.15) is 0 Å². The number of aryl methyl sites for hydroxylation is 1. The van der Waals surface area contributed by atoms with E-state index in [1.165, 1.54) is 24.0 Å². The van der Waals surface area contributed by atoms with Gasteiger partial charge in [-0.1, -0.05) is 24.3 Å². The number of hydrogen-bond acceptors (Lipinski definition) is 1. The van der Waals surface area contributed by atoms with Gasteiger partial charge in [-0.2, -0.15) is 0 Å². The summed E-state index contributed by atoms with van der Waals surface area (Å²) in [5, 5.41) is 0. The number of benzene rings is 1. The van der Waals surface area contributed by atoms with Crippen molar-refractivity contribution in [3.05, 3.63) is 35.4 Å². The molecule has 0 saturated carbocycles. The highest BCUT2D eigenvalue weighted by atomic mass is 14.7. The van der Waals surface area contributed by atoms with Crippen molar-refractivity contribution < 1.29 is 0 Å². The van der Waals surface area contributed by atoms with Gasteiger partial charge in [0.05, 0.1) is 0 Å². The molecule has 0 unspecified atom stereocenters. The Morgan fingerprint density at radius 3 is 2.83 bits per heavy atom. The van der Waals surface area contributed by atoms with Gasteiger partial charge in [-0.05, 0) is 37.3 Å². The van der Waals surface area contributed by atoms with Crippen LogP contribution in [0.3, 0.4) is 0 Å². The van der Waals surface area contributed by atoms with E-state index in [0.717, 1.165) is 6.42 Å². The summed E-state index contributed by atoms with van der Waals surface area (Å²) in [7, 11) is 0. The Morgan fingerprint density at radius 2 is 2.08 bits per heavy atom. The molecule has 12 heavy (non-hydrogen) atoms. The van der Waals surface area contributed by atoms with Crippen molar-refractivity contribution in [1.82, 2.24) is 0 Å². The summed E-state index contributed by atoms with van der Waals surface area (Å²) in [6.07, 6.45) is 3.54. The molecule has 0 bridgehead atoms. The lowest BCUT2D eigenvalue weighted by Gasteiger charge is -2.32. The molecule has 2 rings (SSSR count). The molecule has 0 heterocycles. The van der Waals surface area contributed by atoms with Crippen molar-refractivity contribution >= 4 is 0 Å². The molecule has 0 fully saturated rings. The zero-order valence-electron chi connectivity index (χ0n) is 7.51. The number of rotatable bonds is 0. The molecule has 1 heteroatoms. The van der Waals surface area contributed by atoms with Crippen molar-refractivity contribution in [1.29, 1.82) is 0 Å². The lowest BCUT2D eigenvalue weighted by atomic mass is 9.79. The maximum atomic E-state index is 6.19. The van der Waals surface area contributed by atoms with E-state index in [2.05, 4.69) is 31.2 Å². The predicted octanol–water partition coefficient (Wildman–Crippen LogP) is 2.20. The highest BCUT2D eigenvalue weighted by molar-refractivity contribution is 5.34. The quantitative estimate of drug-likeness (QED) is 0.620. The van der Waals surface area contributed by atoms with E-state index in [9.17, 15) is 0 Å². The van der Waals surface area contributed by atoms with Gasteiger partial charge in [0.25, 0.3) is 0 Å². The van der Waals surface area contributed by atoms with Crippen molar-refractivity contribution in [2.45, 2.75) is 31.7 Å². The van der Waals surface area contributed by atoms with E-state index in [4.69, 9.17) is 5.73 Å². The Morgan fingerprint density at radius 1 is 1.33 bits per heavy atom. The second-order valence-electron chi connectivity index (χ2n) is 3.93. The SMILES string of the molecule is C[C@@]1(N)CCCc2ccccc21. The van der Waals surface area contributed by atoms with Crippen LogP contribution < -0.4 is 5.73 Å². The van der Waals surface area contributed by atoms with Crippen LogP contribution in [0.5, 0.6) is 0 Å². The third kappa shape index (κ3) is 1.14. The number of fused-ring (bicyclic) bond motifs is 1. The molecular formula is C11H15N. The summed E-state index contributed by atoms with van der Waals surface area (Å²) in [6, 6.07) is 8.53. The first kappa shape index (κ1) is 7.81. The van der Waals surface area contributed by atoms with E-state index >= 15 is 0 Å². The Hall–Kier alpha value is -0.820. The average Bonchev–Trinajstić information content (AvgIpc) is 2.04. The normalized spacial score (nSPS) is 28.2. The van der Waals surface area contributed by atoms with Gasteiger partial charge in [-0.25, -0.2) is 0 Å². The summed E-state index contributed by atoms with van der Waals surface area (Å²) in [5.41, 5.74) is 8.88. The molecule has 1 aliphatic rings. The molecule has 0 radical (unpaired) electrons. The van der Waals surface area contributed by atoms with Gasteiger partial charge < -0.3 is 5.73 Å². The van der Waals surface area contributed by atoms with Crippen molar-refractivity contribution in [3.8, 4) is 0 Å². The van der Waals surface area contributed by atoms with Crippen LogP contribution in [0.25, 0.3) is 0 Å². The van der Waals surface area contributed by atoms with Gasteiger partial charge in [0.2, 0.25) is 0 Å². The third-order valence-corrected chi connectivity index (χ3v) is 2.77. The largest absolute Gasteiger partial charge is 0.322 e. The smallest absolute Gasteiger partial charge is 0.0383 e. The first-order chi connectivity index (χ1) is 5.70. The lowest BCUT2D eigenvalue weighted by Crippen LogP contribution is -2.36. The average molecular weight is 161 g/mol. The first-order valence-corrected chi connectivity index (χ1v) is 4.57. The molecule has 1 aromatic rings. The third-order valence-electron chi connectivity index (χ3n) is 2.77. The van der Waals surface area contributed by atoms with Crippen LogP contribution in [-0.4, -0.2) is 0 Å². The maximum absolute atomic E-state index is 6.19. The van der Waals surface area contributed by atoms with Crippen LogP contribution in [-0.2, 0) is 12.0 Å². The zero-order valence-corrected chi connectivity index (χ0v) is 7.51. The van der Waals surface area contributed by atoms with Gasteiger partial charge >= 0.3 is 0 Å². The number of hydrogen-bond donors (Lipinski definition) is 1. The van der Waals surface area contributed by atoms with E-state index < -0.39 is 0 Å². The Kier molecular flexibility index (Phi) is 1.69. The van der Waals surface area contributed by atoms with E-state index in [1.807, 2.05) is 0 Å². The second-order valence-corrected chi connectivity index (χ2v) is 3.93. The fourth-order valence-electron chi connectivity index (χ4n) is 2.08. The van der Waals surface area contributed by atoms with Crippen molar-refractivity contribution in [2.24, 2.45) is 5.73 Å². The van der Waals surface area contributed by atoms with Crippen LogP contribution in [0.1, 0.15) is 30.9 Å². The molecule has 64 valence electrons. The standard InChI is InChI=1S/C11H15N/c1-11(12)8-4-6-9-5-2-3-7-10(9)11/h2-3,5,7H,4,6,8,12H2,1H3/t11-/m1/s1. The van der Waals surface area contributed by atoms with Crippen LogP contribution in [0.2, 0.25) is 0 Å². The monoisotopic (exact) mass is 161 g/mol. The molecule has 1 aromatic carbocycles. The summed E-state index contributed by atoms with van der Waals surface area (Å²) in [6.45, 7) is 2.13. The minimum atomic E-state index is -0.0884.